The first kappa shape index (κ1) is 27.8. The molecular formula is C26H34N2O7S. The molecule has 1 aromatic heterocycles. The molecule has 0 bridgehead atoms. The molecule has 0 radical (unpaired) electrons. The van der Waals surface area contributed by atoms with E-state index in [0.29, 0.717) is 13.1 Å². The number of hydrogen-bond donors (Lipinski definition) is 2. The van der Waals surface area contributed by atoms with E-state index in [0.717, 1.165) is 25.7 Å². The molecule has 0 spiro atoms. The molecule has 3 rings (SSSR count). The second kappa shape index (κ2) is 12.4. The molecular weight excluding hydrogens is 484 g/mol. The minimum absolute atomic E-state index is 0.000138. The van der Waals surface area contributed by atoms with Crippen molar-refractivity contribution in [2.45, 2.75) is 44.4 Å². The summed E-state index contributed by atoms with van der Waals surface area (Å²) in [5, 5.41) is 18.7. The molecule has 0 aliphatic carbocycles. The van der Waals surface area contributed by atoms with Gasteiger partial charge >= 0.3 is 0 Å². The fourth-order valence-electron chi connectivity index (χ4n) is 4.11. The lowest BCUT2D eigenvalue weighted by molar-refractivity contribution is 0.0686. The minimum atomic E-state index is -3.84. The smallest absolute Gasteiger partial charge is 0.254 e. The van der Waals surface area contributed by atoms with E-state index >= 15 is 0 Å². The lowest BCUT2D eigenvalue weighted by Crippen LogP contribution is -2.36. The van der Waals surface area contributed by atoms with Gasteiger partial charge in [-0.05, 0) is 43.2 Å². The summed E-state index contributed by atoms with van der Waals surface area (Å²) in [5.74, 6) is -0.538. The zero-order valence-corrected chi connectivity index (χ0v) is 21.6. The number of fused-ring (bicyclic) bond motifs is 2. The quantitative estimate of drug-likeness (QED) is 0.333. The number of benzene rings is 2. The molecule has 196 valence electrons. The Morgan fingerprint density at radius 2 is 1.56 bits per heavy atom. The third-order valence-electron chi connectivity index (χ3n) is 6.09. The van der Waals surface area contributed by atoms with Gasteiger partial charge in [-0.15, -0.1) is 0 Å². The van der Waals surface area contributed by atoms with E-state index in [1.807, 2.05) is 13.8 Å². The van der Waals surface area contributed by atoms with Gasteiger partial charge in [0.2, 0.25) is 15.5 Å². The predicted molar refractivity (Wildman–Crippen MR) is 139 cm³/mol. The van der Waals surface area contributed by atoms with Crippen LogP contribution in [0.25, 0.3) is 21.9 Å². The van der Waals surface area contributed by atoms with Crippen molar-refractivity contribution in [1.29, 1.82) is 0 Å². The highest BCUT2D eigenvalue weighted by molar-refractivity contribution is 7.89. The highest BCUT2D eigenvalue weighted by atomic mass is 32.2. The number of rotatable bonds is 13. The van der Waals surface area contributed by atoms with E-state index in [9.17, 15) is 28.2 Å². The van der Waals surface area contributed by atoms with Crippen LogP contribution in [0.3, 0.4) is 0 Å². The number of aliphatic hydroxyl groups is 2. The highest BCUT2D eigenvalue weighted by Crippen LogP contribution is 2.26. The molecule has 2 aromatic carbocycles. The van der Waals surface area contributed by atoms with Crippen LogP contribution in [-0.2, 0) is 10.0 Å². The third kappa shape index (κ3) is 5.78. The second-order valence-electron chi connectivity index (χ2n) is 8.62. The summed E-state index contributed by atoms with van der Waals surface area (Å²) in [6.07, 6.45) is 3.16. The molecule has 0 aliphatic rings. The van der Waals surface area contributed by atoms with Crippen LogP contribution in [0.4, 0.5) is 0 Å². The number of unbranched alkanes of at least 4 members (excludes halogenated alkanes) is 2. The molecule has 0 fully saturated rings. The summed E-state index contributed by atoms with van der Waals surface area (Å²) in [7, 11) is -3.84. The fourth-order valence-corrected chi connectivity index (χ4v) is 5.66. The molecule has 0 saturated heterocycles. The van der Waals surface area contributed by atoms with Crippen molar-refractivity contribution >= 4 is 37.9 Å². The van der Waals surface area contributed by atoms with Gasteiger partial charge in [0.25, 0.3) is 5.91 Å². The Morgan fingerprint density at radius 1 is 0.917 bits per heavy atom. The summed E-state index contributed by atoms with van der Waals surface area (Å²) in [6, 6.07) is 8.86. The van der Waals surface area contributed by atoms with Gasteiger partial charge in [-0.3, -0.25) is 9.59 Å². The van der Waals surface area contributed by atoms with Crippen LogP contribution in [0.1, 0.15) is 49.9 Å². The molecule has 0 aliphatic heterocycles. The van der Waals surface area contributed by atoms with E-state index < -0.39 is 21.4 Å². The van der Waals surface area contributed by atoms with Crippen molar-refractivity contribution in [3.63, 3.8) is 0 Å². The molecule has 2 N–H and O–H groups in total. The average Bonchev–Trinajstić information content (AvgIpc) is 2.87. The van der Waals surface area contributed by atoms with E-state index in [1.165, 1.54) is 33.5 Å². The standard InChI is InChI=1S/C26H34N2O7S/c1-3-5-12-28(13-6-4-2)36(33,34)19-10-11-22-21(18-19)25(31)24-20(8-7-9-23(24)35-22)26(32)27(14-16-29)15-17-30/h7-11,18,29-30H,3-6,12-17H2,1-2H3. The predicted octanol–water partition coefficient (Wildman–Crippen LogP) is 2.96. The molecule has 0 saturated carbocycles. The normalized spacial score (nSPS) is 12.0. The zero-order valence-electron chi connectivity index (χ0n) is 20.8. The molecule has 10 heteroatoms. The number of carbonyl (C=O) groups excluding carboxylic acids is 1. The Balaban J connectivity index is 2.16. The first-order valence-corrected chi connectivity index (χ1v) is 13.7. The number of sulfonamides is 1. The summed E-state index contributed by atoms with van der Waals surface area (Å²) < 4.78 is 34.3. The van der Waals surface area contributed by atoms with Gasteiger partial charge in [-0.2, -0.15) is 4.31 Å². The molecule has 1 heterocycles. The van der Waals surface area contributed by atoms with Crippen LogP contribution in [0, 0.1) is 0 Å². The van der Waals surface area contributed by atoms with Gasteiger partial charge in [0.15, 0.2) is 0 Å². The topological polar surface area (TPSA) is 128 Å². The molecule has 3 aromatic rings. The maximum absolute atomic E-state index is 13.6. The Morgan fingerprint density at radius 3 is 2.14 bits per heavy atom. The third-order valence-corrected chi connectivity index (χ3v) is 7.98. The van der Waals surface area contributed by atoms with Crippen molar-refractivity contribution in [2.24, 2.45) is 0 Å². The largest absolute Gasteiger partial charge is 0.456 e. The fraction of sp³-hybridized carbons (Fsp3) is 0.462. The number of hydrogen-bond acceptors (Lipinski definition) is 7. The van der Waals surface area contributed by atoms with Crippen LogP contribution in [0.15, 0.2) is 50.5 Å². The van der Waals surface area contributed by atoms with E-state index in [1.54, 1.807) is 12.1 Å². The lowest BCUT2D eigenvalue weighted by atomic mass is 10.1. The van der Waals surface area contributed by atoms with E-state index in [2.05, 4.69) is 0 Å². The molecule has 0 atom stereocenters. The Bertz CT molecular complexity index is 1350. The van der Waals surface area contributed by atoms with Gasteiger partial charge in [0.1, 0.15) is 11.2 Å². The zero-order chi connectivity index (χ0) is 26.3. The van der Waals surface area contributed by atoms with Gasteiger partial charge in [-0.25, -0.2) is 8.42 Å². The van der Waals surface area contributed by atoms with E-state index in [-0.39, 0.29) is 58.7 Å². The molecule has 0 unspecified atom stereocenters. The van der Waals surface area contributed by atoms with Crippen molar-refractivity contribution in [1.82, 2.24) is 9.21 Å². The first-order valence-electron chi connectivity index (χ1n) is 12.3. The van der Waals surface area contributed by atoms with Gasteiger partial charge < -0.3 is 19.5 Å². The molecule has 1 amide bonds. The second-order valence-corrected chi connectivity index (χ2v) is 10.6. The van der Waals surface area contributed by atoms with Gasteiger partial charge in [0.05, 0.1) is 34.4 Å². The number of nitrogens with zero attached hydrogens (tertiary/aromatic N) is 2. The number of amides is 1. The summed E-state index contributed by atoms with van der Waals surface area (Å²) in [6.45, 7) is 4.16. The lowest BCUT2D eigenvalue weighted by Gasteiger charge is -2.22. The summed E-state index contributed by atoms with van der Waals surface area (Å²) >= 11 is 0. The van der Waals surface area contributed by atoms with Gasteiger partial charge in [-0.1, -0.05) is 32.8 Å². The number of carbonyl (C=O) groups is 1. The van der Waals surface area contributed by atoms with Crippen LogP contribution in [-0.4, -0.2) is 73.1 Å². The molecule has 36 heavy (non-hydrogen) atoms. The minimum Gasteiger partial charge on any atom is -0.456 e. The van der Waals surface area contributed by atoms with Crippen LogP contribution in [0.2, 0.25) is 0 Å². The highest BCUT2D eigenvalue weighted by Gasteiger charge is 2.26. The molecule has 9 nitrogen and oxygen atoms in total. The van der Waals surface area contributed by atoms with Gasteiger partial charge in [0, 0.05) is 26.2 Å². The van der Waals surface area contributed by atoms with Crippen molar-refractivity contribution in [3.05, 3.63) is 52.2 Å². The van der Waals surface area contributed by atoms with Crippen molar-refractivity contribution < 1.29 is 27.8 Å². The first-order chi connectivity index (χ1) is 17.3. The summed E-state index contributed by atoms with van der Waals surface area (Å²) in [5.41, 5.74) is -0.0543. The SMILES string of the molecule is CCCCN(CCCC)S(=O)(=O)c1ccc2oc3cccc(C(=O)N(CCO)CCO)c3c(=O)c2c1. The monoisotopic (exact) mass is 518 g/mol. The van der Waals surface area contributed by atoms with Crippen molar-refractivity contribution in [2.75, 3.05) is 39.4 Å². The maximum atomic E-state index is 13.6. The average molecular weight is 519 g/mol. The van der Waals surface area contributed by atoms with Crippen molar-refractivity contribution in [3.8, 4) is 0 Å². The maximum Gasteiger partial charge on any atom is 0.254 e. The summed E-state index contributed by atoms with van der Waals surface area (Å²) in [4.78, 5) is 28.0. The Labute approximate surface area is 211 Å². The van der Waals surface area contributed by atoms with Crippen LogP contribution >= 0.6 is 0 Å². The van der Waals surface area contributed by atoms with E-state index in [4.69, 9.17) is 4.42 Å². The Hall–Kier alpha value is -2.79. The van der Waals surface area contributed by atoms with Crippen LogP contribution in [0.5, 0.6) is 0 Å². The van der Waals surface area contributed by atoms with Crippen LogP contribution < -0.4 is 5.43 Å². The number of aliphatic hydroxyl groups excluding tert-OH is 2. The Kier molecular flexibility index (Phi) is 9.61.